The van der Waals surface area contributed by atoms with E-state index >= 15 is 0 Å². The second-order valence-electron chi connectivity index (χ2n) is 4.59. The minimum absolute atomic E-state index is 0.00530. The number of benzene rings is 2. The largest absolute Gasteiger partial charge is 0.378 e. The van der Waals surface area contributed by atoms with Crippen molar-refractivity contribution in [3.8, 4) is 0 Å². The van der Waals surface area contributed by atoms with Gasteiger partial charge in [0, 0.05) is 28.3 Å². The molecule has 0 heterocycles. The van der Waals surface area contributed by atoms with Gasteiger partial charge in [-0.3, -0.25) is 16.0 Å². The van der Waals surface area contributed by atoms with Gasteiger partial charge in [0.05, 0.1) is 10.6 Å². The zero-order valence-electron chi connectivity index (χ0n) is 11.3. The zero-order chi connectivity index (χ0) is 15.4. The number of nitrogens with two attached hydrogens (primary N) is 1. The number of non-ortho nitro benzene ring substituents is 1. The molecule has 0 aliphatic heterocycles. The van der Waals surface area contributed by atoms with Gasteiger partial charge in [-0.2, -0.15) is 0 Å². The van der Waals surface area contributed by atoms with Gasteiger partial charge in [0.1, 0.15) is 0 Å². The molecule has 2 rings (SSSR count). The topological polar surface area (TPSA) is 93.2 Å². The summed E-state index contributed by atoms with van der Waals surface area (Å²) in [6.45, 7) is 1.98. The second-order valence-corrected chi connectivity index (χ2v) is 5.50. The minimum atomic E-state index is -0.448. The van der Waals surface area contributed by atoms with Gasteiger partial charge in [0.2, 0.25) is 0 Å². The summed E-state index contributed by atoms with van der Waals surface area (Å²) < 4.78 is 1.00. The van der Waals surface area contributed by atoms with Crippen LogP contribution in [0.25, 0.3) is 0 Å². The van der Waals surface area contributed by atoms with Crippen LogP contribution >= 0.6 is 15.9 Å². The number of nitro benzene ring substituents is 1. The molecule has 6 nitrogen and oxygen atoms in total. The number of nitrogens with one attached hydrogen (secondary N) is 2. The second kappa shape index (κ2) is 6.55. The fourth-order valence-electron chi connectivity index (χ4n) is 1.97. The van der Waals surface area contributed by atoms with E-state index in [2.05, 4.69) is 26.7 Å². The number of nitro groups is 1. The molecule has 4 N–H and O–H groups in total. The summed E-state index contributed by atoms with van der Waals surface area (Å²) in [5.41, 5.74) is 4.60. The predicted octanol–water partition coefficient (Wildman–Crippen LogP) is 3.82. The van der Waals surface area contributed by atoms with E-state index in [4.69, 9.17) is 5.84 Å². The lowest BCUT2D eigenvalue weighted by molar-refractivity contribution is -0.384. The summed E-state index contributed by atoms with van der Waals surface area (Å²) in [6, 6.07) is 12.5. The van der Waals surface area contributed by atoms with E-state index in [1.54, 1.807) is 6.07 Å². The normalized spacial score (nSPS) is 11.8. The van der Waals surface area contributed by atoms with Gasteiger partial charge in [0.15, 0.2) is 0 Å². The molecule has 1 unspecified atom stereocenters. The standard InChI is InChI=1S/C14H15BrN4O2/c1-9(10-2-4-11(15)5-3-10)17-12-6-13(18-16)8-14(7-12)19(20)21/h2-9,17-18H,16H2,1H3. The van der Waals surface area contributed by atoms with Crippen molar-refractivity contribution in [2.75, 3.05) is 10.7 Å². The Morgan fingerprint density at radius 3 is 2.38 bits per heavy atom. The monoisotopic (exact) mass is 350 g/mol. The molecule has 0 spiro atoms. The van der Waals surface area contributed by atoms with Gasteiger partial charge in [-0.1, -0.05) is 28.1 Å². The van der Waals surface area contributed by atoms with Crippen molar-refractivity contribution >= 4 is 33.0 Å². The third-order valence-electron chi connectivity index (χ3n) is 3.05. The number of nitrogens with zero attached hydrogens (tertiary/aromatic N) is 1. The molecule has 21 heavy (non-hydrogen) atoms. The molecular weight excluding hydrogens is 336 g/mol. The third-order valence-corrected chi connectivity index (χ3v) is 3.58. The fourth-order valence-corrected chi connectivity index (χ4v) is 2.23. The van der Waals surface area contributed by atoms with E-state index in [1.165, 1.54) is 12.1 Å². The summed E-state index contributed by atoms with van der Waals surface area (Å²) in [7, 11) is 0. The van der Waals surface area contributed by atoms with Crippen LogP contribution < -0.4 is 16.6 Å². The molecule has 0 saturated carbocycles. The average Bonchev–Trinajstić information content (AvgIpc) is 2.47. The van der Waals surface area contributed by atoms with Crippen molar-refractivity contribution in [3.05, 3.63) is 62.6 Å². The lowest BCUT2D eigenvalue weighted by Crippen LogP contribution is -2.10. The number of hydrogen-bond acceptors (Lipinski definition) is 5. The number of halogens is 1. The van der Waals surface area contributed by atoms with E-state index in [1.807, 2.05) is 31.2 Å². The van der Waals surface area contributed by atoms with Gasteiger partial charge >= 0.3 is 0 Å². The number of nitrogen functional groups attached to an aromatic ring is 1. The fraction of sp³-hybridized carbons (Fsp3) is 0.143. The number of hydrazine groups is 1. The summed E-state index contributed by atoms with van der Waals surface area (Å²) in [6.07, 6.45) is 0. The van der Waals surface area contributed by atoms with Crippen LogP contribution in [0.2, 0.25) is 0 Å². The quantitative estimate of drug-likeness (QED) is 0.433. The molecular formula is C14H15BrN4O2. The molecule has 0 aliphatic carbocycles. The highest BCUT2D eigenvalue weighted by Crippen LogP contribution is 2.27. The van der Waals surface area contributed by atoms with Crippen LogP contribution in [0.5, 0.6) is 0 Å². The van der Waals surface area contributed by atoms with Crippen molar-refractivity contribution in [1.82, 2.24) is 0 Å². The van der Waals surface area contributed by atoms with Crippen LogP contribution in [0, 0.1) is 10.1 Å². The summed E-state index contributed by atoms with van der Waals surface area (Å²) in [5, 5.41) is 14.2. The van der Waals surface area contributed by atoms with E-state index in [0.29, 0.717) is 11.4 Å². The van der Waals surface area contributed by atoms with Crippen molar-refractivity contribution in [1.29, 1.82) is 0 Å². The summed E-state index contributed by atoms with van der Waals surface area (Å²) >= 11 is 3.39. The van der Waals surface area contributed by atoms with Gasteiger partial charge in [-0.15, -0.1) is 0 Å². The van der Waals surface area contributed by atoms with Crippen LogP contribution in [-0.4, -0.2) is 4.92 Å². The molecule has 0 bridgehead atoms. The van der Waals surface area contributed by atoms with Gasteiger partial charge < -0.3 is 10.7 Å². The molecule has 0 radical (unpaired) electrons. The van der Waals surface area contributed by atoms with E-state index < -0.39 is 4.92 Å². The smallest absolute Gasteiger partial charge is 0.273 e. The van der Waals surface area contributed by atoms with Crippen LogP contribution in [0.1, 0.15) is 18.5 Å². The van der Waals surface area contributed by atoms with Gasteiger partial charge in [-0.25, -0.2) is 0 Å². The maximum absolute atomic E-state index is 10.9. The Morgan fingerprint density at radius 1 is 1.19 bits per heavy atom. The summed E-state index contributed by atoms with van der Waals surface area (Å²) in [5.74, 6) is 5.34. The highest BCUT2D eigenvalue weighted by atomic mass is 79.9. The first-order chi connectivity index (χ1) is 9.99. The molecule has 0 saturated heterocycles. The Balaban J connectivity index is 2.23. The Bertz CT molecular complexity index is 646. The minimum Gasteiger partial charge on any atom is -0.378 e. The SMILES string of the molecule is CC(Nc1cc(NN)cc([N+](=O)[O-])c1)c1ccc(Br)cc1. The van der Waals surface area contributed by atoms with Crippen LogP contribution in [0.15, 0.2) is 46.9 Å². The first-order valence-electron chi connectivity index (χ1n) is 6.27. The molecule has 2 aromatic carbocycles. The molecule has 110 valence electrons. The Kier molecular flexibility index (Phi) is 4.77. The Morgan fingerprint density at radius 2 is 1.81 bits per heavy atom. The molecule has 0 aliphatic rings. The van der Waals surface area contributed by atoms with E-state index in [0.717, 1.165) is 10.0 Å². The van der Waals surface area contributed by atoms with Crippen molar-refractivity contribution in [3.63, 3.8) is 0 Å². The van der Waals surface area contributed by atoms with Gasteiger partial charge in [-0.05, 0) is 30.7 Å². The molecule has 7 heteroatoms. The number of hydrogen-bond donors (Lipinski definition) is 3. The summed E-state index contributed by atoms with van der Waals surface area (Å²) in [4.78, 5) is 10.5. The maximum atomic E-state index is 10.9. The first-order valence-corrected chi connectivity index (χ1v) is 7.07. The number of anilines is 2. The van der Waals surface area contributed by atoms with Gasteiger partial charge in [0.25, 0.3) is 5.69 Å². The van der Waals surface area contributed by atoms with Crippen molar-refractivity contribution in [2.24, 2.45) is 5.84 Å². The van der Waals surface area contributed by atoms with Crippen LogP contribution in [0.3, 0.4) is 0 Å². The Hall–Kier alpha value is -2.12. The lowest BCUT2D eigenvalue weighted by atomic mass is 10.1. The molecule has 1 atom stereocenters. The van der Waals surface area contributed by atoms with Crippen molar-refractivity contribution in [2.45, 2.75) is 13.0 Å². The van der Waals surface area contributed by atoms with E-state index in [-0.39, 0.29) is 11.7 Å². The lowest BCUT2D eigenvalue weighted by Gasteiger charge is -2.16. The first kappa shape index (κ1) is 15.3. The van der Waals surface area contributed by atoms with E-state index in [9.17, 15) is 10.1 Å². The average molecular weight is 351 g/mol. The molecule has 2 aromatic rings. The molecule has 0 fully saturated rings. The number of rotatable bonds is 5. The third kappa shape index (κ3) is 3.93. The highest BCUT2D eigenvalue weighted by Gasteiger charge is 2.12. The Labute approximate surface area is 130 Å². The predicted molar refractivity (Wildman–Crippen MR) is 87.1 cm³/mol. The highest BCUT2D eigenvalue weighted by molar-refractivity contribution is 9.10. The molecule has 0 aromatic heterocycles. The van der Waals surface area contributed by atoms with Crippen LogP contribution in [-0.2, 0) is 0 Å². The maximum Gasteiger partial charge on any atom is 0.273 e. The van der Waals surface area contributed by atoms with Crippen LogP contribution in [0.4, 0.5) is 17.1 Å². The molecule has 0 amide bonds. The van der Waals surface area contributed by atoms with Crippen molar-refractivity contribution < 1.29 is 4.92 Å². The zero-order valence-corrected chi connectivity index (χ0v) is 12.9.